The first kappa shape index (κ1) is 20.9. The number of benzene rings is 1. The van der Waals surface area contributed by atoms with Crippen molar-refractivity contribution in [2.24, 2.45) is 0 Å². The number of anilines is 2. The number of rotatable bonds is 4. The van der Waals surface area contributed by atoms with Gasteiger partial charge in [0.05, 0.1) is 0 Å². The normalized spacial score (nSPS) is 19.7. The highest BCUT2D eigenvalue weighted by Crippen LogP contribution is 2.24. The third-order valence-electron chi connectivity index (χ3n) is 3.86. The molecule has 2 heterocycles. The first-order valence-corrected chi connectivity index (χ1v) is 8.93. The largest absolute Gasteiger partial charge is 0.419 e. The Morgan fingerprint density at radius 1 is 0.667 bits per heavy atom. The van der Waals surface area contributed by atoms with Crippen molar-refractivity contribution in [3.8, 4) is 0 Å². The van der Waals surface area contributed by atoms with Crippen LogP contribution in [0, 0.1) is 0 Å². The summed E-state index contributed by atoms with van der Waals surface area (Å²) in [4.78, 5) is 47.8. The number of carbonyl (C=O) groups is 4. The van der Waals surface area contributed by atoms with E-state index in [9.17, 15) is 19.2 Å². The van der Waals surface area contributed by atoms with Gasteiger partial charge in [-0.2, -0.15) is 0 Å². The highest BCUT2D eigenvalue weighted by atomic mass is 16.7. The van der Waals surface area contributed by atoms with E-state index in [1.807, 2.05) is 0 Å². The molecule has 1 aromatic carbocycles. The predicted molar refractivity (Wildman–Crippen MR) is 102 cm³/mol. The van der Waals surface area contributed by atoms with Crippen molar-refractivity contribution in [1.29, 1.82) is 0 Å². The van der Waals surface area contributed by atoms with Gasteiger partial charge in [-0.1, -0.05) is 6.07 Å². The SMILES string of the molecule is CC1(C)OC(=O)C(=CNc2cccc(NC=C3C(=O)OC(C)(C)OC3=O)c2)C(=O)O1. The summed E-state index contributed by atoms with van der Waals surface area (Å²) in [6.07, 6.45) is 2.35. The summed E-state index contributed by atoms with van der Waals surface area (Å²) in [5.74, 6) is -5.86. The molecule has 1 aromatic rings. The van der Waals surface area contributed by atoms with Crippen molar-refractivity contribution in [2.45, 2.75) is 39.3 Å². The molecule has 2 saturated heterocycles. The summed E-state index contributed by atoms with van der Waals surface area (Å²) in [5.41, 5.74) is 0.438. The molecule has 0 radical (unpaired) electrons. The van der Waals surface area contributed by atoms with E-state index in [0.29, 0.717) is 11.4 Å². The molecule has 0 unspecified atom stereocenters. The van der Waals surface area contributed by atoms with Crippen molar-refractivity contribution in [3.63, 3.8) is 0 Å². The van der Waals surface area contributed by atoms with Gasteiger partial charge in [0.25, 0.3) is 11.6 Å². The van der Waals surface area contributed by atoms with E-state index in [1.54, 1.807) is 24.3 Å². The zero-order valence-corrected chi connectivity index (χ0v) is 16.7. The Morgan fingerprint density at radius 3 is 1.33 bits per heavy atom. The zero-order valence-electron chi connectivity index (χ0n) is 16.7. The summed E-state index contributed by atoms with van der Waals surface area (Å²) in [7, 11) is 0. The lowest BCUT2D eigenvalue weighted by Crippen LogP contribution is -2.42. The smallest absolute Gasteiger partial charge is 0.350 e. The van der Waals surface area contributed by atoms with Gasteiger partial charge in [0.15, 0.2) is 11.1 Å². The average Bonchev–Trinajstić information content (AvgIpc) is 2.58. The van der Waals surface area contributed by atoms with Gasteiger partial charge in [0, 0.05) is 51.5 Å². The summed E-state index contributed by atoms with van der Waals surface area (Å²) in [5, 5.41) is 5.60. The van der Waals surface area contributed by atoms with Gasteiger partial charge < -0.3 is 29.6 Å². The molecular weight excluding hydrogens is 396 g/mol. The molecule has 10 nitrogen and oxygen atoms in total. The van der Waals surface area contributed by atoms with Crippen LogP contribution in [0.1, 0.15) is 27.7 Å². The van der Waals surface area contributed by atoms with Crippen LogP contribution in [0.4, 0.5) is 11.4 Å². The van der Waals surface area contributed by atoms with Crippen molar-refractivity contribution in [1.82, 2.24) is 0 Å². The molecule has 2 aliphatic heterocycles. The second-order valence-corrected chi connectivity index (χ2v) is 7.34. The Hall–Kier alpha value is -3.82. The molecule has 2 fully saturated rings. The molecule has 10 heteroatoms. The Kier molecular flexibility index (Phi) is 5.26. The molecule has 0 spiro atoms. The number of cyclic esters (lactones) is 4. The number of hydrogen-bond acceptors (Lipinski definition) is 10. The fraction of sp³-hybridized carbons (Fsp3) is 0.300. The first-order valence-electron chi connectivity index (χ1n) is 8.93. The van der Waals surface area contributed by atoms with E-state index in [-0.39, 0.29) is 11.1 Å². The third-order valence-corrected chi connectivity index (χ3v) is 3.86. The Morgan fingerprint density at radius 2 is 1.00 bits per heavy atom. The maximum Gasteiger partial charge on any atom is 0.350 e. The van der Waals surface area contributed by atoms with Crippen LogP contribution in [-0.4, -0.2) is 35.5 Å². The fourth-order valence-electron chi connectivity index (χ4n) is 2.57. The second-order valence-electron chi connectivity index (χ2n) is 7.34. The minimum absolute atomic E-state index is 0.287. The van der Waals surface area contributed by atoms with Crippen LogP contribution in [0.3, 0.4) is 0 Å². The highest BCUT2D eigenvalue weighted by molar-refractivity contribution is 6.16. The molecule has 2 N–H and O–H groups in total. The maximum absolute atomic E-state index is 12.0. The summed E-state index contributed by atoms with van der Waals surface area (Å²) < 4.78 is 20.0. The lowest BCUT2D eigenvalue weighted by molar-refractivity contribution is -0.224. The minimum Gasteiger partial charge on any atom is -0.419 e. The van der Waals surface area contributed by atoms with Crippen LogP contribution in [-0.2, 0) is 38.1 Å². The van der Waals surface area contributed by atoms with E-state index >= 15 is 0 Å². The van der Waals surface area contributed by atoms with Crippen LogP contribution in [0.5, 0.6) is 0 Å². The maximum atomic E-state index is 12.0. The second kappa shape index (κ2) is 7.54. The Labute approximate surface area is 171 Å². The summed E-state index contributed by atoms with van der Waals surface area (Å²) >= 11 is 0. The van der Waals surface area contributed by atoms with Gasteiger partial charge in [-0.05, 0) is 18.2 Å². The standard InChI is InChI=1S/C20H20N2O8/c1-19(2)27-15(23)13(16(24)28-19)9-21-11-6-5-7-12(8-11)22-10-14-17(25)29-20(3,4)30-18(14)26/h5-10,21-22H,1-4H3. The van der Waals surface area contributed by atoms with E-state index in [4.69, 9.17) is 18.9 Å². The van der Waals surface area contributed by atoms with E-state index in [2.05, 4.69) is 10.6 Å². The number of nitrogens with one attached hydrogen (secondary N) is 2. The minimum atomic E-state index is -1.32. The van der Waals surface area contributed by atoms with Crippen molar-refractivity contribution in [3.05, 3.63) is 47.8 Å². The van der Waals surface area contributed by atoms with Gasteiger partial charge in [0.1, 0.15) is 0 Å². The number of hydrogen-bond donors (Lipinski definition) is 2. The van der Waals surface area contributed by atoms with E-state index in [0.717, 1.165) is 0 Å². The van der Waals surface area contributed by atoms with Crippen LogP contribution in [0.2, 0.25) is 0 Å². The van der Waals surface area contributed by atoms with Gasteiger partial charge in [-0.3, -0.25) is 0 Å². The van der Waals surface area contributed by atoms with Crippen LogP contribution < -0.4 is 10.6 Å². The first-order chi connectivity index (χ1) is 14.0. The lowest BCUT2D eigenvalue weighted by Gasteiger charge is -2.29. The third kappa shape index (κ3) is 4.77. The fourth-order valence-corrected chi connectivity index (χ4v) is 2.57. The summed E-state index contributed by atoms with van der Waals surface area (Å²) in [6, 6.07) is 6.62. The van der Waals surface area contributed by atoms with Gasteiger partial charge in [0.2, 0.25) is 0 Å². The molecule has 2 aliphatic rings. The lowest BCUT2D eigenvalue weighted by atomic mass is 10.2. The van der Waals surface area contributed by atoms with Crippen LogP contribution in [0.15, 0.2) is 47.8 Å². The van der Waals surface area contributed by atoms with Gasteiger partial charge in [-0.15, -0.1) is 0 Å². The molecule has 0 aromatic heterocycles. The zero-order chi connectivity index (χ0) is 22.1. The Balaban J connectivity index is 1.70. The van der Waals surface area contributed by atoms with Gasteiger partial charge >= 0.3 is 23.9 Å². The molecule has 0 atom stereocenters. The Bertz CT molecular complexity index is 871. The van der Waals surface area contributed by atoms with Crippen LogP contribution >= 0.6 is 0 Å². The number of esters is 4. The molecule has 0 amide bonds. The number of ether oxygens (including phenoxy) is 4. The molecular formula is C20H20N2O8. The molecule has 30 heavy (non-hydrogen) atoms. The van der Waals surface area contributed by atoms with Crippen molar-refractivity contribution >= 4 is 35.3 Å². The number of carbonyl (C=O) groups excluding carboxylic acids is 4. The molecule has 0 bridgehead atoms. The topological polar surface area (TPSA) is 129 Å². The molecule has 0 saturated carbocycles. The van der Waals surface area contributed by atoms with E-state index in [1.165, 1.54) is 40.1 Å². The molecule has 158 valence electrons. The average molecular weight is 416 g/mol. The van der Waals surface area contributed by atoms with E-state index < -0.39 is 35.5 Å². The predicted octanol–water partition coefficient (Wildman–Crippen LogP) is 1.95. The van der Waals surface area contributed by atoms with Crippen molar-refractivity contribution < 1.29 is 38.1 Å². The van der Waals surface area contributed by atoms with Gasteiger partial charge in [-0.25, -0.2) is 19.2 Å². The quantitative estimate of drug-likeness (QED) is 0.427. The summed E-state index contributed by atoms with van der Waals surface area (Å²) in [6.45, 7) is 5.82. The van der Waals surface area contributed by atoms with Crippen molar-refractivity contribution in [2.75, 3.05) is 10.6 Å². The monoisotopic (exact) mass is 416 g/mol. The molecule has 0 aliphatic carbocycles. The highest BCUT2D eigenvalue weighted by Gasteiger charge is 2.39. The van der Waals surface area contributed by atoms with Crippen LogP contribution in [0.25, 0.3) is 0 Å². The molecule has 3 rings (SSSR count).